The molecule has 0 saturated heterocycles. The normalized spacial score (nSPS) is 42.4. The Kier molecular flexibility index (Phi) is 9.70. The first-order valence-corrected chi connectivity index (χ1v) is 15.1. The van der Waals surface area contributed by atoms with Crippen LogP contribution < -0.4 is 0 Å². The molecule has 4 saturated carbocycles. The van der Waals surface area contributed by atoms with E-state index in [0.29, 0.717) is 0 Å². The molecule has 4 aliphatic carbocycles. The van der Waals surface area contributed by atoms with E-state index in [9.17, 15) is 0 Å². The van der Waals surface area contributed by atoms with Crippen LogP contribution in [0.4, 0.5) is 0 Å². The Morgan fingerprint density at radius 3 is 0.935 bits per heavy atom. The Labute approximate surface area is 196 Å². The van der Waals surface area contributed by atoms with Crippen molar-refractivity contribution in [2.75, 3.05) is 0 Å². The zero-order valence-corrected chi connectivity index (χ0v) is 21.5. The van der Waals surface area contributed by atoms with Gasteiger partial charge in [0.15, 0.2) is 0 Å². The third kappa shape index (κ3) is 8.07. The summed E-state index contributed by atoms with van der Waals surface area (Å²) >= 11 is 0. The van der Waals surface area contributed by atoms with Crippen molar-refractivity contribution in [1.82, 2.24) is 0 Å². The molecule has 4 rings (SSSR count). The minimum absolute atomic E-state index is 1.02. The Balaban J connectivity index is 1.02. The molecule has 0 aromatic carbocycles. The quantitative estimate of drug-likeness (QED) is 0.360. The molecule has 31 heavy (non-hydrogen) atoms. The average Bonchev–Trinajstić information content (AvgIpc) is 2.79. The van der Waals surface area contributed by atoms with Gasteiger partial charge in [-0.1, -0.05) is 136 Å². The number of rotatable bonds is 8. The van der Waals surface area contributed by atoms with Gasteiger partial charge in [0.25, 0.3) is 0 Å². The second kappa shape index (κ2) is 12.5. The largest absolute Gasteiger partial charge is 0.0625 e. The van der Waals surface area contributed by atoms with Gasteiger partial charge in [0.05, 0.1) is 0 Å². The molecule has 4 aliphatic rings. The maximum Gasteiger partial charge on any atom is -0.0411 e. The van der Waals surface area contributed by atoms with Gasteiger partial charge in [-0.25, -0.2) is 0 Å². The fourth-order valence-electron chi connectivity index (χ4n) is 8.28. The molecule has 0 amide bonds. The molecule has 0 heteroatoms. The van der Waals surface area contributed by atoms with Gasteiger partial charge in [-0.15, -0.1) is 0 Å². The lowest BCUT2D eigenvalue weighted by molar-refractivity contribution is 0.180. The Bertz CT molecular complexity index is 418. The molecule has 0 bridgehead atoms. The van der Waals surface area contributed by atoms with Gasteiger partial charge in [0.1, 0.15) is 0 Å². The van der Waals surface area contributed by atoms with E-state index in [0.717, 1.165) is 47.3 Å². The Morgan fingerprint density at radius 2 is 0.613 bits per heavy atom. The molecule has 180 valence electrons. The monoisotopic (exact) mass is 428 g/mol. The fourth-order valence-corrected chi connectivity index (χ4v) is 8.28. The molecule has 0 heterocycles. The van der Waals surface area contributed by atoms with Gasteiger partial charge in [0.2, 0.25) is 0 Å². The minimum Gasteiger partial charge on any atom is -0.0625 e. The van der Waals surface area contributed by atoms with E-state index < -0.39 is 0 Å². The zero-order valence-electron chi connectivity index (χ0n) is 21.5. The highest BCUT2D eigenvalue weighted by molar-refractivity contribution is 4.80. The van der Waals surface area contributed by atoms with Crippen molar-refractivity contribution in [2.45, 2.75) is 149 Å². The first-order chi connectivity index (χ1) is 15.1. The minimum atomic E-state index is 1.02. The van der Waals surface area contributed by atoms with Crippen LogP contribution in [0.15, 0.2) is 0 Å². The second-order valence-corrected chi connectivity index (χ2v) is 13.4. The molecule has 0 radical (unpaired) electrons. The van der Waals surface area contributed by atoms with Gasteiger partial charge < -0.3 is 0 Å². The highest BCUT2D eigenvalue weighted by atomic mass is 14.3. The summed E-state index contributed by atoms with van der Waals surface area (Å²) < 4.78 is 0. The van der Waals surface area contributed by atoms with E-state index in [1.165, 1.54) is 25.7 Å². The van der Waals surface area contributed by atoms with Crippen molar-refractivity contribution in [3.05, 3.63) is 0 Å². The standard InChI is InChI=1S/C31H56/c1-24-6-10-28(11-7-24)22-30-18-14-26(15-19-30)4-3-5-27-16-20-31(21-17-27)23-29-12-8-25(2)9-13-29/h24-31H,3-23H2,1-2H3. The van der Waals surface area contributed by atoms with Crippen molar-refractivity contribution in [1.29, 1.82) is 0 Å². The van der Waals surface area contributed by atoms with Crippen LogP contribution in [0, 0.1) is 47.3 Å². The van der Waals surface area contributed by atoms with E-state index >= 15 is 0 Å². The first-order valence-electron chi connectivity index (χ1n) is 15.1. The molecule has 0 aromatic rings. The van der Waals surface area contributed by atoms with E-state index in [1.807, 2.05) is 0 Å². The van der Waals surface area contributed by atoms with Crippen molar-refractivity contribution in [3.8, 4) is 0 Å². The zero-order chi connectivity index (χ0) is 21.5. The highest BCUT2D eigenvalue weighted by Crippen LogP contribution is 2.41. The summed E-state index contributed by atoms with van der Waals surface area (Å²) in [6, 6.07) is 0. The molecular formula is C31H56. The van der Waals surface area contributed by atoms with Crippen LogP contribution in [0.3, 0.4) is 0 Å². The van der Waals surface area contributed by atoms with Crippen LogP contribution >= 0.6 is 0 Å². The van der Waals surface area contributed by atoms with E-state index in [2.05, 4.69) is 13.8 Å². The third-order valence-electron chi connectivity index (χ3n) is 10.8. The molecular weight excluding hydrogens is 372 g/mol. The Hall–Kier alpha value is 0. The molecule has 0 spiro atoms. The molecule has 0 aromatic heterocycles. The van der Waals surface area contributed by atoms with Crippen LogP contribution in [0.5, 0.6) is 0 Å². The van der Waals surface area contributed by atoms with Gasteiger partial charge in [-0.2, -0.15) is 0 Å². The SMILES string of the molecule is CC1CCC(CC2CCC(CCCC3CCC(CC4CCC(C)CC4)CC3)CC2)CC1. The predicted molar refractivity (Wildman–Crippen MR) is 136 cm³/mol. The molecule has 0 atom stereocenters. The second-order valence-electron chi connectivity index (χ2n) is 13.4. The lowest BCUT2D eigenvalue weighted by Crippen LogP contribution is -2.21. The van der Waals surface area contributed by atoms with Gasteiger partial charge in [-0.3, -0.25) is 0 Å². The average molecular weight is 429 g/mol. The van der Waals surface area contributed by atoms with Crippen molar-refractivity contribution >= 4 is 0 Å². The van der Waals surface area contributed by atoms with Crippen molar-refractivity contribution < 1.29 is 0 Å². The summed E-state index contributed by atoms with van der Waals surface area (Å²) in [5.41, 5.74) is 0. The predicted octanol–water partition coefficient (Wildman–Crippen LogP) is 10.2. The molecule has 0 aliphatic heterocycles. The van der Waals surface area contributed by atoms with E-state index in [4.69, 9.17) is 0 Å². The summed E-state index contributed by atoms with van der Waals surface area (Å²) in [6.45, 7) is 4.93. The van der Waals surface area contributed by atoms with Gasteiger partial charge in [-0.05, 0) is 60.2 Å². The van der Waals surface area contributed by atoms with Crippen LogP contribution in [-0.4, -0.2) is 0 Å². The lowest BCUT2D eigenvalue weighted by Gasteiger charge is -2.34. The van der Waals surface area contributed by atoms with Crippen LogP contribution in [0.1, 0.15) is 149 Å². The summed E-state index contributed by atoms with van der Waals surface area (Å²) in [5.74, 6) is 8.59. The van der Waals surface area contributed by atoms with Crippen molar-refractivity contribution in [2.24, 2.45) is 47.3 Å². The van der Waals surface area contributed by atoms with Crippen LogP contribution in [0.2, 0.25) is 0 Å². The summed E-state index contributed by atoms with van der Waals surface area (Å²) in [5, 5.41) is 0. The van der Waals surface area contributed by atoms with E-state index in [-0.39, 0.29) is 0 Å². The lowest BCUT2D eigenvalue weighted by atomic mass is 9.71. The highest BCUT2D eigenvalue weighted by Gasteiger charge is 2.28. The molecule has 0 unspecified atom stereocenters. The third-order valence-corrected chi connectivity index (χ3v) is 10.8. The topological polar surface area (TPSA) is 0 Å². The number of hydrogen-bond acceptors (Lipinski definition) is 0. The van der Waals surface area contributed by atoms with Crippen molar-refractivity contribution in [3.63, 3.8) is 0 Å². The molecule has 4 fully saturated rings. The van der Waals surface area contributed by atoms with Gasteiger partial charge >= 0.3 is 0 Å². The molecule has 0 N–H and O–H groups in total. The Morgan fingerprint density at radius 1 is 0.355 bits per heavy atom. The fraction of sp³-hybridized carbons (Fsp3) is 1.00. The van der Waals surface area contributed by atoms with E-state index in [1.54, 1.807) is 109 Å². The van der Waals surface area contributed by atoms with Crippen LogP contribution in [0.25, 0.3) is 0 Å². The molecule has 0 nitrogen and oxygen atoms in total. The maximum absolute atomic E-state index is 2.46. The summed E-state index contributed by atoms with van der Waals surface area (Å²) in [6.07, 6.45) is 32.7. The summed E-state index contributed by atoms with van der Waals surface area (Å²) in [7, 11) is 0. The maximum atomic E-state index is 2.46. The van der Waals surface area contributed by atoms with Gasteiger partial charge in [0, 0.05) is 0 Å². The first kappa shape index (κ1) is 24.1. The van der Waals surface area contributed by atoms with Crippen LogP contribution in [-0.2, 0) is 0 Å². The number of hydrogen-bond donors (Lipinski definition) is 0. The summed E-state index contributed by atoms with van der Waals surface area (Å²) in [4.78, 5) is 0. The smallest absolute Gasteiger partial charge is 0.0411 e.